The van der Waals surface area contributed by atoms with Crippen LogP contribution in [0.5, 0.6) is 5.88 Å². The zero-order chi connectivity index (χ0) is 26.7. The second-order valence-corrected chi connectivity index (χ2v) is 10.0. The molecular formula is C26H31F2N3O6. The third kappa shape index (κ3) is 6.27. The van der Waals surface area contributed by atoms with Crippen molar-refractivity contribution in [1.82, 2.24) is 9.88 Å². The molecule has 9 nitrogen and oxygen atoms in total. The van der Waals surface area contributed by atoms with Crippen LogP contribution < -0.4 is 10.1 Å². The number of halogens is 2. The van der Waals surface area contributed by atoms with Crippen molar-refractivity contribution in [2.75, 3.05) is 38.2 Å². The molecule has 2 bridgehead atoms. The summed E-state index contributed by atoms with van der Waals surface area (Å²) in [5, 5.41) is 2.69. The molecule has 200 valence electrons. The van der Waals surface area contributed by atoms with Gasteiger partial charge in [0, 0.05) is 31.1 Å². The summed E-state index contributed by atoms with van der Waals surface area (Å²) in [6.45, 7) is 8.61. The van der Waals surface area contributed by atoms with E-state index >= 15 is 4.39 Å². The van der Waals surface area contributed by atoms with Gasteiger partial charge in [-0.2, -0.15) is 4.39 Å². The predicted octanol–water partition coefficient (Wildman–Crippen LogP) is 4.54. The number of fused-ring (bicyclic) bond motifs is 2. The molecule has 0 saturated carbocycles. The molecular weight excluding hydrogens is 488 g/mol. The lowest BCUT2D eigenvalue weighted by Gasteiger charge is -2.46. The van der Waals surface area contributed by atoms with E-state index in [1.807, 2.05) is 0 Å². The van der Waals surface area contributed by atoms with Crippen molar-refractivity contribution in [3.05, 3.63) is 47.7 Å². The van der Waals surface area contributed by atoms with E-state index in [1.165, 1.54) is 24.4 Å². The van der Waals surface area contributed by atoms with Gasteiger partial charge >= 0.3 is 12.1 Å². The van der Waals surface area contributed by atoms with Gasteiger partial charge in [-0.1, -0.05) is 0 Å². The number of rotatable bonds is 6. The second kappa shape index (κ2) is 10.9. The first-order chi connectivity index (χ1) is 17.6. The summed E-state index contributed by atoms with van der Waals surface area (Å²) in [4.78, 5) is 30.1. The standard InChI is InChI=1S/C26H31F2N3O6/c1-5-35-24(32)15-6-7-19(18(27)10-15)30-20-8-9-29-23(21(20)28)36-22-16-11-31(12-17(22)14-34-13-16)25(33)37-26(2,3)4/h6-10,16-17,22H,5,11-14H2,1-4H3,(H,29,30). The second-order valence-electron chi connectivity index (χ2n) is 10.0. The van der Waals surface area contributed by atoms with Crippen LogP contribution in [0.1, 0.15) is 38.1 Å². The number of ether oxygens (including phenoxy) is 4. The van der Waals surface area contributed by atoms with E-state index in [0.29, 0.717) is 26.3 Å². The van der Waals surface area contributed by atoms with Crippen LogP contribution in [0.25, 0.3) is 0 Å². The first-order valence-electron chi connectivity index (χ1n) is 12.2. The van der Waals surface area contributed by atoms with E-state index in [9.17, 15) is 14.0 Å². The number of anilines is 2. The molecule has 2 aliphatic heterocycles. The third-order valence-electron chi connectivity index (χ3n) is 6.01. The van der Waals surface area contributed by atoms with Crippen LogP contribution in [-0.2, 0) is 14.2 Å². The molecule has 3 heterocycles. The number of benzene rings is 1. The Kier molecular flexibility index (Phi) is 7.82. The van der Waals surface area contributed by atoms with Crippen LogP contribution in [0, 0.1) is 23.5 Å². The number of hydrogen-bond donors (Lipinski definition) is 1. The minimum absolute atomic E-state index is 0.0277. The lowest BCUT2D eigenvalue weighted by Crippen LogP contribution is -2.59. The van der Waals surface area contributed by atoms with E-state index in [-0.39, 0.29) is 41.3 Å². The number of piperidine rings is 1. The fraction of sp³-hybridized carbons (Fsp3) is 0.500. The molecule has 2 atom stereocenters. The van der Waals surface area contributed by atoms with E-state index in [1.54, 1.807) is 32.6 Å². The van der Waals surface area contributed by atoms with Gasteiger partial charge in [0.05, 0.1) is 36.8 Å². The van der Waals surface area contributed by atoms with Gasteiger partial charge in [-0.25, -0.2) is 19.0 Å². The van der Waals surface area contributed by atoms with Crippen LogP contribution in [0.4, 0.5) is 25.0 Å². The summed E-state index contributed by atoms with van der Waals surface area (Å²) in [5.74, 6) is -2.82. The highest BCUT2D eigenvalue weighted by Crippen LogP contribution is 2.34. The molecule has 2 unspecified atom stereocenters. The number of nitrogens with one attached hydrogen (secondary N) is 1. The Labute approximate surface area is 214 Å². The summed E-state index contributed by atoms with van der Waals surface area (Å²) in [7, 11) is 0. The van der Waals surface area contributed by atoms with Crippen molar-refractivity contribution in [3.8, 4) is 5.88 Å². The van der Waals surface area contributed by atoms with E-state index in [0.717, 1.165) is 6.07 Å². The molecule has 1 aromatic heterocycles. The maximum atomic E-state index is 15.4. The van der Waals surface area contributed by atoms with Gasteiger partial charge in [-0.05, 0) is 52.0 Å². The number of nitrogens with zero attached hydrogens (tertiary/aromatic N) is 2. The number of amides is 1. The fourth-order valence-corrected chi connectivity index (χ4v) is 4.40. The number of aromatic nitrogens is 1. The fourth-order valence-electron chi connectivity index (χ4n) is 4.40. The zero-order valence-electron chi connectivity index (χ0n) is 21.3. The van der Waals surface area contributed by atoms with Crippen molar-refractivity contribution in [2.24, 2.45) is 11.8 Å². The Bertz CT molecular complexity index is 1140. The van der Waals surface area contributed by atoms with Gasteiger partial charge in [0.2, 0.25) is 5.82 Å². The Morgan fingerprint density at radius 3 is 2.46 bits per heavy atom. The van der Waals surface area contributed by atoms with E-state index in [2.05, 4.69) is 10.3 Å². The molecule has 11 heteroatoms. The summed E-state index contributed by atoms with van der Waals surface area (Å²) in [6, 6.07) is 5.10. The molecule has 1 amide bonds. The number of carbonyl (C=O) groups is 2. The molecule has 2 fully saturated rings. The first-order valence-corrected chi connectivity index (χ1v) is 12.2. The average Bonchev–Trinajstić information content (AvgIpc) is 2.81. The van der Waals surface area contributed by atoms with Crippen molar-refractivity contribution >= 4 is 23.4 Å². The Balaban J connectivity index is 1.47. The van der Waals surface area contributed by atoms with Gasteiger partial charge in [0.25, 0.3) is 5.88 Å². The minimum atomic E-state index is -0.787. The predicted molar refractivity (Wildman–Crippen MR) is 130 cm³/mol. The maximum absolute atomic E-state index is 15.4. The Hall–Kier alpha value is -3.47. The summed E-state index contributed by atoms with van der Waals surface area (Å²) in [5.41, 5.74) is -0.633. The lowest BCUT2D eigenvalue weighted by molar-refractivity contribution is -0.114. The Morgan fingerprint density at radius 1 is 1.14 bits per heavy atom. The number of carbonyl (C=O) groups excluding carboxylic acids is 2. The molecule has 0 spiro atoms. The molecule has 4 rings (SSSR count). The minimum Gasteiger partial charge on any atom is -0.471 e. The molecule has 2 aromatic rings. The van der Waals surface area contributed by atoms with Crippen molar-refractivity contribution in [3.63, 3.8) is 0 Å². The summed E-state index contributed by atoms with van der Waals surface area (Å²) < 4.78 is 52.0. The third-order valence-corrected chi connectivity index (χ3v) is 6.01. The van der Waals surface area contributed by atoms with Crippen molar-refractivity contribution in [1.29, 1.82) is 0 Å². The molecule has 37 heavy (non-hydrogen) atoms. The zero-order valence-corrected chi connectivity index (χ0v) is 21.3. The van der Waals surface area contributed by atoms with Crippen LogP contribution in [-0.4, -0.2) is 66.6 Å². The van der Waals surface area contributed by atoms with Gasteiger partial charge in [-0.15, -0.1) is 0 Å². The van der Waals surface area contributed by atoms with Crippen LogP contribution >= 0.6 is 0 Å². The smallest absolute Gasteiger partial charge is 0.410 e. The highest BCUT2D eigenvalue weighted by Gasteiger charge is 2.44. The normalized spacial score (nSPS) is 21.2. The van der Waals surface area contributed by atoms with Gasteiger partial charge in [0.1, 0.15) is 17.5 Å². The largest absolute Gasteiger partial charge is 0.471 e. The van der Waals surface area contributed by atoms with Gasteiger partial charge < -0.3 is 29.2 Å². The number of likely N-dealkylation sites (tertiary alicyclic amines) is 1. The molecule has 2 saturated heterocycles. The van der Waals surface area contributed by atoms with E-state index < -0.39 is 35.4 Å². The number of hydrogen-bond acceptors (Lipinski definition) is 8. The molecule has 2 aliphatic rings. The number of esters is 1. The topological polar surface area (TPSA) is 99.2 Å². The maximum Gasteiger partial charge on any atom is 0.410 e. The quantitative estimate of drug-likeness (QED) is 0.556. The van der Waals surface area contributed by atoms with Crippen molar-refractivity contribution < 1.29 is 37.3 Å². The molecule has 0 aliphatic carbocycles. The van der Waals surface area contributed by atoms with Crippen LogP contribution in [0.2, 0.25) is 0 Å². The molecule has 0 radical (unpaired) electrons. The van der Waals surface area contributed by atoms with Gasteiger partial charge in [-0.3, -0.25) is 0 Å². The van der Waals surface area contributed by atoms with Crippen molar-refractivity contribution in [2.45, 2.75) is 39.4 Å². The Morgan fingerprint density at radius 2 is 1.84 bits per heavy atom. The summed E-state index contributed by atoms with van der Waals surface area (Å²) in [6.07, 6.45) is 0.521. The number of pyridine rings is 1. The van der Waals surface area contributed by atoms with Gasteiger partial charge in [0.15, 0.2) is 0 Å². The van der Waals surface area contributed by atoms with E-state index in [4.69, 9.17) is 18.9 Å². The summed E-state index contributed by atoms with van der Waals surface area (Å²) >= 11 is 0. The van der Waals surface area contributed by atoms with Crippen LogP contribution in [0.3, 0.4) is 0 Å². The average molecular weight is 520 g/mol. The lowest BCUT2D eigenvalue weighted by atomic mass is 9.84. The highest BCUT2D eigenvalue weighted by molar-refractivity contribution is 5.90. The highest BCUT2D eigenvalue weighted by atomic mass is 19.1. The monoisotopic (exact) mass is 519 g/mol. The molecule has 1 N–H and O–H groups in total. The molecule has 1 aromatic carbocycles. The van der Waals surface area contributed by atoms with Crippen LogP contribution in [0.15, 0.2) is 30.5 Å². The first kappa shape index (κ1) is 26.6. The SMILES string of the molecule is CCOC(=O)c1ccc(Nc2ccnc(OC3C4COCC3CN(C(=O)OC(C)(C)C)C4)c2F)c(F)c1.